The largest absolute Gasteiger partial charge is 0.490 e. The van der Waals surface area contributed by atoms with E-state index in [1.807, 2.05) is 6.92 Å². The van der Waals surface area contributed by atoms with E-state index in [2.05, 4.69) is 10.3 Å². The number of pyridine rings is 1. The summed E-state index contributed by atoms with van der Waals surface area (Å²) in [6.07, 6.45) is 0.918. The zero-order chi connectivity index (χ0) is 25.8. The number of ether oxygens (including phenoxy) is 3. The number of hydrogen-bond acceptors (Lipinski definition) is 6. The van der Waals surface area contributed by atoms with Crippen molar-refractivity contribution in [3.05, 3.63) is 65.1 Å². The minimum absolute atomic E-state index is 0.0844. The van der Waals surface area contributed by atoms with Crippen LogP contribution in [0.5, 0.6) is 11.6 Å². The fourth-order valence-electron chi connectivity index (χ4n) is 3.72. The van der Waals surface area contributed by atoms with E-state index in [4.69, 9.17) is 14.2 Å². The van der Waals surface area contributed by atoms with Gasteiger partial charge in [0.25, 0.3) is 0 Å². The molecule has 1 amide bonds. The summed E-state index contributed by atoms with van der Waals surface area (Å²) in [5.41, 5.74) is -0.0966. The summed E-state index contributed by atoms with van der Waals surface area (Å²) >= 11 is 0. The van der Waals surface area contributed by atoms with Crippen molar-refractivity contribution in [1.29, 1.82) is 0 Å². The number of carbonyl (C=O) groups excluding carboxylic acids is 2. The molecule has 0 bridgehead atoms. The normalized spacial score (nSPS) is 12.2. The van der Waals surface area contributed by atoms with E-state index in [9.17, 15) is 9.59 Å². The van der Waals surface area contributed by atoms with E-state index in [0.29, 0.717) is 34.4 Å². The average molecular weight is 483 g/mol. The summed E-state index contributed by atoms with van der Waals surface area (Å²) in [6.45, 7) is 11.1. The van der Waals surface area contributed by atoms with Crippen molar-refractivity contribution in [3.63, 3.8) is 0 Å². The molecule has 0 radical (unpaired) electrons. The molecule has 0 aliphatic carbocycles. The van der Waals surface area contributed by atoms with Gasteiger partial charge in [0.05, 0.1) is 24.8 Å². The Morgan fingerprint density at radius 2 is 1.71 bits per heavy atom. The lowest BCUT2D eigenvalue weighted by molar-refractivity contribution is 0.0507. The third-order valence-corrected chi connectivity index (χ3v) is 5.16. The minimum Gasteiger partial charge on any atom is -0.490 e. The monoisotopic (exact) mass is 482 g/mol. The second kappa shape index (κ2) is 10.7. The minimum atomic E-state index is -0.789. The maximum atomic E-state index is 15.7. The van der Waals surface area contributed by atoms with Gasteiger partial charge in [-0.05, 0) is 65.1 Å². The first-order valence-electron chi connectivity index (χ1n) is 11.6. The second-order valence-electron chi connectivity index (χ2n) is 8.93. The van der Waals surface area contributed by atoms with Crippen LogP contribution in [-0.2, 0) is 4.74 Å². The smallest absolute Gasteiger partial charge is 0.408 e. The number of alkyl carbamates (subject to hydrolysis) is 1. The summed E-state index contributed by atoms with van der Waals surface area (Å²) in [5.74, 6) is -0.961. The van der Waals surface area contributed by atoms with Crippen LogP contribution in [0.4, 0.5) is 9.18 Å². The Labute approximate surface area is 204 Å². The first-order valence-corrected chi connectivity index (χ1v) is 11.6. The van der Waals surface area contributed by atoms with Crippen LogP contribution >= 0.6 is 0 Å². The van der Waals surface area contributed by atoms with Gasteiger partial charge < -0.3 is 19.5 Å². The molecule has 1 unspecified atom stereocenters. The molecule has 1 aromatic heterocycles. The maximum absolute atomic E-state index is 15.7. The van der Waals surface area contributed by atoms with Gasteiger partial charge in [-0.3, -0.25) is 4.79 Å². The Morgan fingerprint density at radius 1 is 1.00 bits per heavy atom. The Bertz CT molecular complexity index is 1240. The first kappa shape index (κ1) is 25.9. The molecule has 3 aromatic rings. The number of nitrogens with one attached hydrogen (secondary N) is 1. The molecule has 3 rings (SSSR count). The summed E-state index contributed by atoms with van der Waals surface area (Å²) in [6, 6.07) is 9.23. The molecule has 0 aliphatic rings. The highest BCUT2D eigenvalue weighted by Crippen LogP contribution is 2.34. The van der Waals surface area contributed by atoms with Gasteiger partial charge in [0.2, 0.25) is 5.88 Å². The van der Waals surface area contributed by atoms with Crippen LogP contribution in [0.3, 0.4) is 0 Å². The number of aromatic nitrogens is 1. The van der Waals surface area contributed by atoms with E-state index in [-0.39, 0.29) is 17.9 Å². The Morgan fingerprint density at radius 3 is 2.37 bits per heavy atom. The van der Waals surface area contributed by atoms with Crippen LogP contribution in [0, 0.1) is 5.82 Å². The standard InChI is InChI=1S/C27H31FN2O5/c1-7-33-24-17(16(3)30-26(32)35-27(4,5)6)12-13-21(22(24)28)23(31)19-10-9-11-20-18(19)14-15-29-25(20)34-8-2/h9-16H,7-8H2,1-6H3,(H,30,32). The van der Waals surface area contributed by atoms with E-state index in [0.717, 1.165) is 0 Å². The van der Waals surface area contributed by atoms with Crippen LogP contribution in [0.2, 0.25) is 0 Å². The highest BCUT2D eigenvalue weighted by molar-refractivity contribution is 6.17. The van der Waals surface area contributed by atoms with Crippen molar-refractivity contribution < 1.29 is 28.2 Å². The quantitative estimate of drug-likeness (QED) is 0.397. The number of nitrogens with zero attached hydrogens (tertiary/aromatic N) is 1. The Balaban J connectivity index is 2.01. The van der Waals surface area contributed by atoms with Gasteiger partial charge in [0.1, 0.15) is 5.60 Å². The lowest BCUT2D eigenvalue weighted by atomic mass is 9.95. The summed E-state index contributed by atoms with van der Waals surface area (Å²) < 4.78 is 32.2. The molecule has 186 valence electrons. The number of amides is 1. The number of carbonyl (C=O) groups is 2. The summed E-state index contributed by atoms with van der Waals surface area (Å²) in [4.78, 5) is 29.9. The predicted octanol–water partition coefficient (Wildman–Crippen LogP) is 5.99. The first-order chi connectivity index (χ1) is 16.6. The average Bonchev–Trinajstić information content (AvgIpc) is 2.78. The lowest BCUT2D eigenvalue weighted by Gasteiger charge is -2.23. The van der Waals surface area contributed by atoms with Gasteiger partial charge in [0, 0.05) is 22.7 Å². The molecule has 35 heavy (non-hydrogen) atoms. The molecule has 1 atom stereocenters. The molecule has 0 spiro atoms. The molecular formula is C27H31FN2O5. The molecule has 7 nitrogen and oxygen atoms in total. The van der Waals surface area contributed by atoms with Crippen molar-refractivity contribution in [1.82, 2.24) is 10.3 Å². The maximum Gasteiger partial charge on any atom is 0.408 e. The lowest BCUT2D eigenvalue weighted by Crippen LogP contribution is -2.34. The Hall–Kier alpha value is -3.68. The van der Waals surface area contributed by atoms with Gasteiger partial charge in [-0.25, -0.2) is 14.2 Å². The van der Waals surface area contributed by atoms with Crippen molar-refractivity contribution in [2.24, 2.45) is 0 Å². The van der Waals surface area contributed by atoms with Gasteiger partial charge in [-0.1, -0.05) is 18.2 Å². The molecule has 0 fully saturated rings. The molecule has 1 N–H and O–H groups in total. The fourth-order valence-corrected chi connectivity index (χ4v) is 3.72. The van der Waals surface area contributed by atoms with Crippen molar-refractivity contribution >= 4 is 22.6 Å². The number of halogens is 1. The summed E-state index contributed by atoms with van der Waals surface area (Å²) in [7, 11) is 0. The van der Waals surface area contributed by atoms with Gasteiger partial charge in [-0.15, -0.1) is 0 Å². The zero-order valence-electron chi connectivity index (χ0n) is 20.9. The predicted molar refractivity (Wildman–Crippen MR) is 132 cm³/mol. The summed E-state index contributed by atoms with van der Waals surface area (Å²) in [5, 5.41) is 3.96. The number of rotatable bonds is 8. The van der Waals surface area contributed by atoms with E-state index >= 15 is 4.39 Å². The highest BCUT2D eigenvalue weighted by atomic mass is 19.1. The SMILES string of the molecule is CCOc1c(C(C)NC(=O)OC(C)(C)C)ccc(C(=O)c2cccc3c(OCC)nccc23)c1F. The zero-order valence-corrected chi connectivity index (χ0v) is 20.9. The third kappa shape index (κ3) is 5.88. The second-order valence-corrected chi connectivity index (χ2v) is 8.93. The molecule has 0 saturated heterocycles. The van der Waals surface area contributed by atoms with Crippen LogP contribution in [0.1, 0.15) is 69.1 Å². The molecule has 2 aromatic carbocycles. The van der Waals surface area contributed by atoms with E-state index < -0.39 is 29.3 Å². The van der Waals surface area contributed by atoms with Crippen LogP contribution < -0.4 is 14.8 Å². The topological polar surface area (TPSA) is 86.8 Å². The van der Waals surface area contributed by atoms with Crippen LogP contribution in [0.25, 0.3) is 10.8 Å². The number of hydrogen-bond donors (Lipinski definition) is 1. The number of benzene rings is 2. The van der Waals surface area contributed by atoms with E-state index in [1.54, 1.807) is 71.1 Å². The third-order valence-electron chi connectivity index (χ3n) is 5.16. The van der Waals surface area contributed by atoms with Gasteiger partial charge in [0.15, 0.2) is 17.3 Å². The molecule has 0 saturated carbocycles. The van der Waals surface area contributed by atoms with E-state index in [1.165, 1.54) is 6.07 Å². The van der Waals surface area contributed by atoms with Crippen molar-refractivity contribution in [2.75, 3.05) is 13.2 Å². The van der Waals surface area contributed by atoms with Crippen LogP contribution in [-0.4, -0.2) is 35.7 Å². The van der Waals surface area contributed by atoms with Crippen molar-refractivity contribution in [3.8, 4) is 11.6 Å². The molecular weight excluding hydrogens is 451 g/mol. The highest BCUT2D eigenvalue weighted by Gasteiger charge is 2.26. The number of ketones is 1. The van der Waals surface area contributed by atoms with Crippen LogP contribution in [0.15, 0.2) is 42.6 Å². The van der Waals surface area contributed by atoms with Gasteiger partial charge >= 0.3 is 6.09 Å². The fraction of sp³-hybridized carbons (Fsp3) is 0.370. The number of fused-ring (bicyclic) bond motifs is 1. The Kier molecular flexibility index (Phi) is 7.94. The van der Waals surface area contributed by atoms with Crippen molar-refractivity contribution in [2.45, 2.75) is 53.2 Å². The molecule has 8 heteroatoms. The molecule has 0 aliphatic heterocycles. The molecule has 1 heterocycles. The van der Waals surface area contributed by atoms with Gasteiger partial charge in [-0.2, -0.15) is 0 Å².